The van der Waals surface area contributed by atoms with Crippen LogP contribution in [0.1, 0.15) is 18.5 Å². The first-order valence-electron chi connectivity index (χ1n) is 5.24. The van der Waals surface area contributed by atoms with Gasteiger partial charge in [-0.25, -0.2) is 0 Å². The molecule has 88 valence electrons. The predicted octanol–water partition coefficient (Wildman–Crippen LogP) is 1.13. The van der Waals surface area contributed by atoms with E-state index in [1.54, 1.807) is 25.2 Å². The zero-order valence-electron chi connectivity index (χ0n) is 9.90. The maximum Gasteiger partial charge on any atom is 0.233 e. The summed E-state index contributed by atoms with van der Waals surface area (Å²) in [5.41, 5.74) is 0.992. The molecule has 1 aromatic carbocycles. The fourth-order valence-corrected chi connectivity index (χ4v) is 1.48. The fourth-order valence-electron chi connectivity index (χ4n) is 1.48. The van der Waals surface area contributed by atoms with Crippen molar-refractivity contribution in [3.8, 4) is 5.75 Å². The Morgan fingerprint density at radius 2 is 2.25 bits per heavy atom. The number of hydrogen-bond donors (Lipinski definition) is 2. The van der Waals surface area contributed by atoms with E-state index in [2.05, 4.69) is 5.32 Å². The lowest BCUT2D eigenvalue weighted by atomic mass is 10.1. The largest absolute Gasteiger partial charge is 0.508 e. The highest BCUT2D eigenvalue weighted by molar-refractivity contribution is 5.77. The van der Waals surface area contributed by atoms with Gasteiger partial charge < -0.3 is 10.4 Å². The lowest BCUT2D eigenvalue weighted by Gasteiger charge is -2.24. The number of amides is 1. The molecule has 0 aliphatic rings. The van der Waals surface area contributed by atoms with Crippen molar-refractivity contribution in [2.45, 2.75) is 13.0 Å². The summed E-state index contributed by atoms with van der Waals surface area (Å²) in [6.07, 6.45) is 0. The molecular formula is C12H18N2O2. The van der Waals surface area contributed by atoms with E-state index < -0.39 is 0 Å². The molecule has 0 aliphatic heterocycles. The first kappa shape index (κ1) is 12.5. The van der Waals surface area contributed by atoms with Gasteiger partial charge in [0.1, 0.15) is 5.75 Å². The van der Waals surface area contributed by atoms with Gasteiger partial charge in [-0.05, 0) is 31.7 Å². The van der Waals surface area contributed by atoms with Crippen molar-refractivity contribution in [2.24, 2.45) is 0 Å². The number of nitrogens with one attached hydrogen (secondary N) is 1. The second-order valence-corrected chi connectivity index (χ2v) is 3.86. The number of carbonyl (C=O) groups excluding carboxylic acids is 1. The molecule has 1 unspecified atom stereocenters. The molecular weight excluding hydrogens is 204 g/mol. The summed E-state index contributed by atoms with van der Waals surface area (Å²) in [6.45, 7) is 2.34. The molecule has 1 rings (SSSR count). The van der Waals surface area contributed by atoms with Crippen LogP contribution >= 0.6 is 0 Å². The van der Waals surface area contributed by atoms with Crippen LogP contribution in [0.2, 0.25) is 0 Å². The van der Waals surface area contributed by atoms with Gasteiger partial charge in [-0.15, -0.1) is 0 Å². The van der Waals surface area contributed by atoms with E-state index >= 15 is 0 Å². The molecule has 4 heteroatoms. The number of rotatable bonds is 4. The van der Waals surface area contributed by atoms with E-state index in [0.717, 1.165) is 5.56 Å². The SMILES string of the molecule is CNC(=O)CN(C)C(C)c1cccc(O)c1. The molecule has 0 fully saturated rings. The molecule has 0 radical (unpaired) electrons. The van der Waals surface area contributed by atoms with Crippen molar-refractivity contribution in [3.05, 3.63) is 29.8 Å². The van der Waals surface area contributed by atoms with Crippen LogP contribution in [0.25, 0.3) is 0 Å². The van der Waals surface area contributed by atoms with Crippen molar-refractivity contribution in [1.29, 1.82) is 0 Å². The topological polar surface area (TPSA) is 52.6 Å². The Morgan fingerprint density at radius 3 is 2.81 bits per heavy atom. The number of phenols is 1. The Morgan fingerprint density at radius 1 is 1.56 bits per heavy atom. The van der Waals surface area contributed by atoms with Gasteiger partial charge in [-0.1, -0.05) is 12.1 Å². The van der Waals surface area contributed by atoms with E-state index in [-0.39, 0.29) is 17.7 Å². The van der Waals surface area contributed by atoms with Gasteiger partial charge in [-0.2, -0.15) is 0 Å². The molecule has 0 saturated carbocycles. The number of carbonyl (C=O) groups is 1. The van der Waals surface area contributed by atoms with Crippen LogP contribution in [-0.4, -0.2) is 36.6 Å². The third kappa shape index (κ3) is 3.24. The predicted molar refractivity (Wildman–Crippen MR) is 63.2 cm³/mol. The minimum Gasteiger partial charge on any atom is -0.508 e. The minimum absolute atomic E-state index is 0.0190. The molecule has 16 heavy (non-hydrogen) atoms. The van der Waals surface area contributed by atoms with Gasteiger partial charge >= 0.3 is 0 Å². The van der Waals surface area contributed by atoms with Crippen LogP contribution in [0.5, 0.6) is 5.75 Å². The van der Waals surface area contributed by atoms with Crippen molar-refractivity contribution < 1.29 is 9.90 Å². The Balaban J connectivity index is 2.70. The van der Waals surface area contributed by atoms with E-state index in [0.29, 0.717) is 6.54 Å². The normalized spacial score (nSPS) is 12.5. The summed E-state index contributed by atoms with van der Waals surface area (Å²) in [5, 5.41) is 12.0. The van der Waals surface area contributed by atoms with Gasteiger partial charge in [0.25, 0.3) is 0 Å². The van der Waals surface area contributed by atoms with Gasteiger partial charge in [0.2, 0.25) is 5.91 Å². The molecule has 2 N–H and O–H groups in total. The minimum atomic E-state index is -0.0190. The van der Waals surface area contributed by atoms with E-state index in [1.807, 2.05) is 24.9 Å². The van der Waals surface area contributed by atoms with Crippen LogP contribution in [0.4, 0.5) is 0 Å². The third-order valence-corrected chi connectivity index (χ3v) is 2.69. The highest BCUT2D eigenvalue weighted by Crippen LogP contribution is 2.21. The van der Waals surface area contributed by atoms with Crippen molar-refractivity contribution in [3.63, 3.8) is 0 Å². The van der Waals surface area contributed by atoms with Crippen molar-refractivity contribution in [2.75, 3.05) is 20.6 Å². The molecule has 0 aliphatic carbocycles. The lowest BCUT2D eigenvalue weighted by molar-refractivity contribution is -0.121. The molecule has 0 spiro atoms. The standard InChI is InChI=1S/C12H18N2O2/c1-9(14(3)8-12(16)13-2)10-5-4-6-11(15)7-10/h4-7,9,15H,8H2,1-3H3,(H,13,16). The second-order valence-electron chi connectivity index (χ2n) is 3.86. The summed E-state index contributed by atoms with van der Waals surface area (Å²) >= 11 is 0. The van der Waals surface area contributed by atoms with E-state index in [4.69, 9.17) is 0 Å². The second kappa shape index (κ2) is 5.51. The number of nitrogens with zero attached hydrogens (tertiary/aromatic N) is 1. The zero-order valence-corrected chi connectivity index (χ0v) is 9.90. The van der Waals surface area contributed by atoms with Crippen LogP contribution in [-0.2, 0) is 4.79 Å². The average Bonchev–Trinajstić information content (AvgIpc) is 2.27. The molecule has 0 heterocycles. The first-order chi connectivity index (χ1) is 7.54. The summed E-state index contributed by atoms with van der Waals surface area (Å²) in [7, 11) is 3.50. The van der Waals surface area contributed by atoms with Gasteiger partial charge in [0, 0.05) is 13.1 Å². The Bertz CT molecular complexity index is 366. The van der Waals surface area contributed by atoms with Gasteiger partial charge in [0.05, 0.1) is 6.54 Å². The molecule has 1 atom stereocenters. The Labute approximate surface area is 95.9 Å². The highest BCUT2D eigenvalue weighted by atomic mass is 16.3. The zero-order chi connectivity index (χ0) is 12.1. The molecule has 0 saturated heterocycles. The van der Waals surface area contributed by atoms with Crippen molar-refractivity contribution in [1.82, 2.24) is 10.2 Å². The van der Waals surface area contributed by atoms with Gasteiger partial charge in [0.15, 0.2) is 0 Å². The average molecular weight is 222 g/mol. The van der Waals surface area contributed by atoms with Crippen LogP contribution in [0, 0.1) is 0 Å². The summed E-state index contributed by atoms with van der Waals surface area (Å²) in [5.74, 6) is 0.229. The Hall–Kier alpha value is -1.55. The quantitative estimate of drug-likeness (QED) is 0.803. The third-order valence-electron chi connectivity index (χ3n) is 2.69. The number of aromatic hydroxyl groups is 1. The molecule has 0 bridgehead atoms. The van der Waals surface area contributed by atoms with Crippen molar-refractivity contribution >= 4 is 5.91 Å². The number of benzene rings is 1. The van der Waals surface area contributed by atoms with E-state index in [9.17, 15) is 9.90 Å². The van der Waals surface area contributed by atoms with E-state index in [1.165, 1.54) is 0 Å². The number of hydrogen-bond acceptors (Lipinski definition) is 3. The maximum absolute atomic E-state index is 11.2. The monoisotopic (exact) mass is 222 g/mol. The number of likely N-dealkylation sites (N-methyl/N-ethyl adjacent to an activating group) is 2. The van der Waals surface area contributed by atoms with Gasteiger partial charge in [-0.3, -0.25) is 9.69 Å². The molecule has 0 aromatic heterocycles. The summed E-state index contributed by atoms with van der Waals surface area (Å²) in [4.78, 5) is 13.1. The smallest absolute Gasteiger partial charge is 0.233 e. The summed E-state index contributed by atoms with van der Waals surface area (Å²) < 4.78 is 0. The molecule has 4 nitrogen and oxygen atoms in total. The maximum atomic E-state index is 11.2. The lowest BCUT2D eigenvalue weighted by Crippen LogP contribution is -2.34. The van der Waals surface area contributed by atoms with Crippen LogP contribution in [0.3, 0.4) is 0 Å². The van der Waals surface area contributed by atoms with Crippen LogP contribution in [0.15, 0.2) is 24.3 Å². The molecule has 1 amide bonds. The van der Waals surface area contributed by atoms with Crippen LogP contribution < -0.4 is 5.32 Å². The summed E-state index contributed by atoms with van der Waals surface area (Å²) in [6, 6.07) is 7.17. The molecule has 1 aromatic rings. The highest BCUT2D eigenvalue weighted by Gasteiger charge is 2.14. The first-order valence-corrected chi connectivity index (χ1v) is 5.24. The fraction of sp³-hybridized carbons (Fsp3) is 0.417. The Kier molecular flexibility index (Phi) is 4.31. The number of phenolic OH excluding ortho intramolecular Hbond substituents is 1.